The zero-order valence-corrected chi connectivity index (χ0v) is 22.0. The molecule has 1 unspecified atom stereocenters. The number of carbonyl (C=O) groups is 1. The van der Waals surface area contributed by atoms with Crippen LogP contribution < -0.4 is 10.2 Å². The van der Waals surface area contributed by atoms with Gasteiger partial charge in [0.15, 0.2) is 11.6 Å². The Balaban J connectivity index is 1.65. The summed E-state index contributed by atoms with van der Waals surface area (Å²) in [6, 6.07) is 10.2. The van der Waals surface area contributed by atoms with Gasteiger partial charge in [-0.15, -0.1) is 0 Å². The van der Waals surface area contributed by atoms with Crippen LogP contribution >= 0.6 is 0 Å². The van der Waals surface area contributed by atoms with Crippen molar-refractivity contribution in [2.45, 2.75) is 58.0 Å². The summed E-state index contributed by atoms with van der Waals surface area (Å²) in [5.41, 5.74) is 5.22. The first-order valence-electron chi connectivity index (χ1n) is 13.2. The van der Waals surface area contributed by atoms with Crippen molar-refractivity contribution in [3.05, 3.63) is 65.3 Å². The first-order chi connectivity index (χ1) is 18.4. The van der Waals surface area contributed by atoms with Gasteiger partial charge in [-0.1, -0.05) is 11.2 Å². The second-order valence-electron chi connectivity index (χ2n) is 10.0. The second-order valence-corrected chi connectivity index (χ2v) is 10.0. The third kappa shape index (κ3) is 4.95. The van der Waals surface area contributed by atoms with E-state index in [0.29, 0.717) is 24.9 Å². The Morgan fingerprint density at radius 2 is 1.95 bits per heavy atom. The van der Waals surface area contributed by atoms with Gasteiger partial charge in [0, 0.05) is 36.8 Å². The lowest BCUT2D eigenvalue weighted by Gasteiger charge is -2.33. The fraction of sp³-hybridized carbons (Fsp3) is 0.414. The Morgan fingerprint density at radius 1 is 1.16 bits per heavy atom. The highest BCUT2D eigenvalue weighted by Gasteiger charge is 2.29. The van der Waals surface area contributed by atoms with Crippen LogP contribution in [-0.4, -0.2) is 41.1 Å². The van der Waals surface area contributed by atoms with Crippen molar-refractivity contribution in [3.63, 3.8) is 0 Å². The normalized spacial score (nSPS) is 15.2. The third-order valence-electron chi connectivity index (χ3n) is 7.59. The molecule has 1 aliphatic heterocycles. The fourth-order valence-corrected chi connectivity index (χ4v) is 5.63. The van der Waals surface area contributed by atoms with Crippen LogP contribution in [0.25, 0.3) is 22.2 Å². The fourth-order valence-electron chi connectivity index (χ4n) is 5.63. The number of carbonyl (C=O) groups excluding carboxylic acids is 1. The number of halogens is 2. The number of aromatic nitrogens is 3. The number of anilines is 1. The molecule has 7 nitrogen and oxygen atoms in total. The molecule has 9 heteroatoms. The molecule has 0 saturated carbocycles. The van der Waals surface area contributed by atoms with E-state index in [0.717, 1.165) is 77.7 Å². The number of nitrogens with zero attached hydrogens (tertiary/aromatic N) is 4. The summed E-state index contributed by atoms with van der Waals surface area (Å²) in [7, 11) is 1.87. The Labute approximate surface area is 220 Å². The second kappa shape index (κ2) is 11.0. The lowest BCUT2D eigenvalue weighted by molar-refractivity contribution is -0.107. The van der Waals surface area contributed by atoms with Crippen LogP contribution in [0.15, 0.2) is 40.9 Å². The molecule has 1 saturated heterocycles. The van der Waals surface area contributed by atoms with Crippen LogP contribution in [0.2, 0.25) is 0 Å². The van der Waals surface area contributed by atoms with E-state index in [-0.39, 0.29) is 12.1 Å². The van der Waals surface area contributed by atoms with Gasteiger partial charge in [-0.2, -0.15) is 0 Å². The van der Waals surface area contributed by atoms with Gasteiger partial charge in [-0.25, -0.2) is 13.8 Å². The number of fused-ring (bicyclic) bond motifs is 1. The molecule has 4 aromatic rings. The Morgan fingerprint density at radius 3 is 2.63 bits per heavy atom. The number of unbranched alkanes of at least 4 members (excludes halogenated alkanes) is 1. The molecular weight excluding hydrogens is 488 g/mol. The summed E-state index contributed by atoms with van der Waals surface area (Å²) >= 11 is 0. The number of nitrogens with one attached hydrogen (secondary N) is 1. The lowest BCUT2D eigenvalue weighted by atomic mass is 10.0. The van der Waals surface area contributed by atoms with E-state index >= 15 is 0 Å². The number of benzene rings is 2. The number of aryl methyl sites for hydroxylation is 2. The topological polar surface area (TPSA) is 76.2 Å². The minimum absolute atomic E-state index is 0.244. The van der Waals surface area contributed by atoms with Crippen molar-refractivity contribution < 1.29 is 18.1 Å². The summed E-state index contributed by atoms with van der Waals surface area (Å²) in [6.45, 7) is 5.65. The van der Waals surface area contributed by atoms with Crippen molar-refractivity contribution >= 4 is 23.0 Å². The largest absolute Gasteiger partial charge is 0.364 e. The highest BCUT2D eigenvalue weighted by molar-refractivity contribution is 5.84. The molecule has 0 spiro atoms. The number of imidazole rings is 1. The number of aldehydes is 1. The highest BCUT2D eigenvalue weighted by atomic mass is 19.2. The third-order valence-corrected chi connectivity index (χ3v) is 7.59. The molecule has 3 heterocycles. The quantitative estimate of drug-likeness (QED) is 0.213. The summed E-state index contributed by atoms with van der Waals surface area (Å²) in [5, 5.41) is 7.55. The average Bonchev–Trinajstić information content (AvgIpc) is 3.46. The van der Waals surface area contributed by atoms with Gasteiger partial charge in [0.25, 0.3) is 0 Å². The maximum absolute atomic E-state index is 14.2. The van der Waals surface area contributed by atoms with E-state index in [1.807, 2.05) is 25.8 Å². The van der Waals surface area contributed by atoms with Crippen LogP contribution in [0, 0.1) is 25.5 Å². The first kappa shape index (κ1) is 26.0. The summed E-state index contributed by atoms with van der Waals surface area (Å²) in [5.74, 6) is -0.156. The number of hydrogen-bond donors (Lipinski definition) is 1. The van der Waals surface area contributed by atoms with E-state index < -0.39 is 11.6 Å². The number of rotatable bonds is 9. The van der Waals surface area contributed by atoms with Gasteiger partial charge in [-0.05, 0) is 82.4 Å². The minimum Gasteiger partial charge on any atom is -0.364 e. The molecule has 200 valence electrons. The predicted molar refractivity (Wildman–Crippen MR) is 143 cm³/mol. The summed E-state index contributed by atoms with van der Waals surface area (Å²) in [4.78, 5) is 18.3. The molecule has 1 atom stereocenters. The zero-order chi connectivity index (χ0) is 26.8. The molecule has 0 aliphatic carbocycles. The standard InChI is InChI=1S/C29H33F2N5O2/c1-18-28(19(2)38-34-18)20-7-10-26-25(16-20)33-29(36(26)21-11-13-32-14-12-21)27(6-4-5-15-37)35(3)22-8-9-23(30)24(31)17-22/h7-10,15-17,21,27,32H,4-6,11-14H2,1-3H3. The highest BCUT2D eigenvalue weighted by Crippen LogP contribution is 2.38. The SMILES string of the molecule is Cc1noc(C)c1-c1ccc2c(c1)nc(C(CCCC=O)N(C)c1ccc(F)c(F)c1)n2C1CCNCC1. The van der Waals surface area contributed by atoms with E-state index in [1.54, 1.807) is 6.07 Å². The predicted octanol–water partition coefficient (Wildman–Crippen LogP) is 6.06. The van der Waals surface area contributed by atoms with E-state index in [9.17, 15) is 13.6 Å². The number of hydrogen-bond acceptors (Lipinski definition) is 6. The van der Waals surface area contributed by atoms with Crippen LogP contribution in [-0.2, 0) is 4.79 Å². The maximum atomic E-state index is 14.2. The van der Waals surface area contributed by atoms with Gasteiger partial charge in [0.2, 0.25) is 0 Å². The molecule has 5 rings (SSSR count). The first-order valence-corrected chi connectivity index (χ1v) is 13.2. The molecule has 2 aromatic carbocycles. The average molecular weight is 522 g/mol. The minimum atomic E-state index is -0.892. The molecule has 1 N–H and O–H groups in total. The molecule has 1 aliphatic rings. The van der Waals surface area contributed by atoms with Gasteiger partial charge in [-0.3, -0.25) is 0 Å². The van der Waals surface area contributed by atoms with Crippen LogP contribution in [0.5, 0.6) is 0 Å². The van der Waals surface area contributed by atoms with E-state index in [1.165, 1.54) is 6.07 Å². The molecule has 0 bridgehead atoms. The lowest BCUT2D eigenvalue weighted by Crippen LogP contribution is -2.33. The van der Waals surface area contributed by atoms with Gasteiger partial charge in [0.05, 0.1) is 22.8 Å². The maximum Gasteiger partial charge on any atom is 0.160 e. The van der Waals surface area contributed by atoms with Crippen molar-refractivity contribution in [2.75, 3.05) is 25.0 Å². The molecule has 0 radical (unpaired) electrons. The van der Waals surface area contributed by atoms with Crippen molar-refractivity contribution in [2.24, 2.45) is 0 Å². The summed E-state index contributed by atoms with van der Waals surface area (Å²) in [6.07, 6.45) is 4.55. The number of piperidine rings is 1. The van der Waals surface area contributed by atoms with Crippen LogP contribution in [0.4, 0.5) is 14.5 Å². The molecule has 38 heavy (non-hydrogen) atoms. The molecular formula is C29H33F2N5O2. The van der Waals surface area contributed by atoms with Crippen LogP contribution in [0.1, 0.15) is 61.5 Å². The van der Waals surface area contributed by atoms with Crippen molar-refractivity contribution in [1.29, 1.82) is 0 Å². The smallest absolute Gasteiger partial charge is 0.160 e. The van der Waals surface area contributed by atoms with Gasteiger partial charge >= 0.3 is 0 Å². The van der Waals surface area contributed by atoms with Gasteiger partial charge in [0.1, 0.15) is 17.9 Å². The zero-order valence-electron chi connectivity index (χ0n) is 22.0. The van der Waals surface area contributed by atoms with E-state index in [2.05, 4.69) is 33.2 Å². The van der Waals surface area contributed by atoms with E-state index in [4.69, 9.17) is 9.51 Å². The summed E-state index contributed by atoms with van der Waals surface area (Å²) < 4.78 is 35.7. The Bertz CT molecular complexity index is 1420. The molecule has 1 fully saturated rings. The Hall–Kier alpha value is -3.59. The molecule has 0 amide bonds. The van der Waals surface area contributed by atoms with Crippen molar-refractivity contribution in [3.8, 4) is 11.1 Å². The van der Waals surface area contributed by atoms with Gasteiger partial charge < -0.3 is 24.1 Å². The molecule has 2 aromatic heterocycles. The monoisotopic (exact) mass is 521 g/mol. The van der Waals surface area contributed by atoms with Crippen molar-refractivity contribution in [1.82, 2.24) is 20.0 Å². The van der Waals surface area contributed by atoms with Crippen LogP contribution in [0.3, 0.4) is 0 Å². The Kier molecular flexibility index (Phi) is 7.56.